The second kappa shape index (κ2) is 17.2. The van der Waals surface area contributed by atoms with Crippen LogP contribution >= 0.6 is 0 Å². The summed E-state index contributed by atoms with van der Waals surface area (Å²) in [5, 5.41) is 14.2. The van der Waals surface area contributed by atoms with Crippen molar-refractivity contribution in [1.29, 1.82) is 5.26 Å². The standard InChI is InChI=1S/C65H45F3N4/c1-39-13-5-9-17-50(39)44-21-25-59-55(32-44)56-33-45(51-18-10-6-14-40(51)2)22-26-60(56)71(59)63-38-70-64(36-54(63)48-29-43(37-69)30-49(31-48)65(66,67)68)72-61-27-23-46(52-19-11-7-15-41(52)3)34-57(61)58-35-47(24-28-62(58)72)53-20-12-8-16-42(53)4/h5-36,38H,1-4H3. The monoisotopic (exact) mass is 938 g/mol. The summed E-state index contributed by atoms with van der Waals surface area (Å²) < 4.78 is 48.9. The highest BCUT2D eigenvalue weighted by atomic mass is 19.4. The summed E-state index contributed by atoms with van der Waals surface area (Å²) in [4.78, 5) is 5.29. The highest BCUT2D eigenvalue weighted by Crippen LogP contribution is 2.44. The number of fused-ring (bicyclic) bond motifs is 6. The van der Waals surface area contributed by atoms with E-state index in [4.69, 9.17) is 4.98 Å². The Labute approximate surface area is 415 Å². The molecule has 3 heterocycles. The molecule has 0 bridgehead atoms. The maximum absolute atomic E-state index is 14.9. The number of nitrogens with zero attached hydrogens (tertiary/aromatic N) is 4. The highest BCUT2D eigenvalue weighted by Gasteiger charge is 2.32. The minimum absolute atomic E-state index is 0.0959. The fourth-order valence-electron chi connectivity index (χ4n) is 10.8. The van der Waals surface area contributed by atoms with Gasteiger partial charge in [0.2, 0.25) is 0 Å². The largest absolute Gasteiger partial charge is 0.416 e. The average Bonchev–Trinajstić information content (AvgIpc) is 3.89. The van der Waals surface area contributed by atoms with Crippen LogP contribution in [0.1, 0.15) is 33.4 Å². The molecule has 0 aliphatic carbocycles. The zero-order valence-corrected chi connectivity index (χ0v) is 40.0. The molecule has 3 aromatic heterocycles. The predicted molar refractivity (Wildman–Crippen MR) is 289 cm³/mol. The van der Waals surface area contributed by atoms with Crippen molar-refractivity contribution < 1.29 is 13.2 Å². The number of hydrogen-bond acceptors (Lipinski definition) is 2. The fourth-order valence-corrected chi connectivity index (χ4v) is 10.8. The minimum atomic E-state index is -4.71. The van der Waals surface area contributed by atoms with Crippen LogP contribution in [-0.2, 0) is 6.18 Å². The van der Waals surface area contributed by atoms with Crippen molar-refractivity contribution in [2.24, 2.45) is 0 Å². The summed E-state index contributed by atoms with van der Waals surface area (Å²) >= 11 is 0. The lowest BCUT2D eigenvalue weighted by Gasteiger charge is -2.18. The van der Waals surface area contributed by atoms with E-state index < -0.39 is 11.7 Å². The van der Waals surface area contributed by atoms with Gasteiger partial charge in [0.1, 0.15) is 5.82 Å². The van der Waals surface area contributed by atoms with Crippen LogP contribution in [0.4, 0.5) is 13.2 Å². The summed E-state index contributed by atoms with van der Waals surface area (Å²) in [6.07, 6.45) is -2.93. The maximum atomic E-state index is 14.9. The van der Waals surface area contributed by atoms with Gasteiger partial charge in [0.25, 0.3) is 0 Å². The van der Waals surface area contributed by atoms with Crippen molar-refractivity contribution >= 4 is 43.6 Å². The zero-order valence-electron chi connectivity index (χ0n) is 40.0. The number of alkyl halides is 3. The summed E-state index contributed by atoms with van der Waals surface area (Å²) in [5.41, 5.74) is 17.1. The Bertz CT molecular complexity index is 4010. The molecule has 9 aromatic carbocycles. The number of benzene rings is 9. The molecule has 0 saturated carbocycles. The molecule has 12 aromatic rings. The molecule has 4 nitrogen and oxygen atoms in total. The van der Waals surface area contributed by atoms with Gasteiger partial charge in [-0.15, -0.1) is 0 Å². The van der Waals surface area contributed by atoms with Gasteiger partial charge in [-0.3, -0.25) is 4.57 Å². The first kappa shape index (κ1) is 44.2. The van der Waals surface area contributed by atoms with E-state index in [0.29, 0.717) is 17.1 Å². The number of hydrogen-bond donors (Lipinski definition) is 0. The second-order valence-corrected chi connectivity index (χ2v) is 18.8. The third kappa shape index (κ3) is 7.43. The van der Waals surface area contributed by atoms with Crippen LogP contribution in [0.25, 0.3) is 111 Å². The lowest BCUT2D eigenvalue weighted by molar-refractivity contribution is -0.137. The molecule has 0 spiro atoms. The highest BCUT2D eigenvalue weighted by molar-refractivity contribution is 6.13. The molecule has 12 rings (SSSR count). The molecular formula is C65H45F3N4. The van der Waals surface area contributed by atoms with Crippen LogP contribution in [0, 0.1) is 39.0 Å². The number of aryl methyl sites for hydroxylation is 4. The Morgan fingerprint density at radius 1 is 0.403 bits per heavy atom. The van der Waals surface area contributed by atoms with E-state index in [1.165, 1.54) is 0 Å². The first-order valence-electron chi connectivity index (χ1n) is 24.0. The Morgan fingerprint density at radius 3 is 1.14 bits per heavy atom. The van der Waals surface area contributed by atoms with Crippen molar-refractivity contribution in [2.75, 3.05) is 0 Å². The third-order valence-electron chi connectivity index (χ3n) is 14.4. The van der Waals surface area contributed by atoms with Gasteiger partial charge in [-0.25, -0.2) is 4.98 Å². The number of pyridine rings is 1. The summed E-state index contributed by atoms with van der Waals surface area (Å²) in [6.45, 7) is 8.43. The minimum Gasteiger partial charge on any atom is -0.307 e. The van der Waals surface area contributed by atoms with Crippen molar-refractivity contribution in [1.82, 2.24) is 14.1 Å². The molecule has 0 unspecified atom stereocenters. The van der Waals surface area contributed by atoms with E-state index in [2.05, 4.69) is 158 Å². The lowest BCUT2D eigenvalue weighted by Crippen LogP contribution is -2.07. The van der Waals surface area contributed by atoms with Gasteiger partial charge >= 0.3 is 6.18 Å². The van der Waals surface area contributed by atoms with Gasteiger partial charge in [0.15, 0.2) is 0 Å². The van der Waals surface area contributed by atoms with Crippen molar-refractivity contribution in [3.05, 3.63) is 234 Å². The summed E-state index contributed by atoms with van der Waals surface area (Å²) in [6, 6.07) is 66.6. The van der Waals surface area contributed by atoms with Crippen LogP contribution in [0.5, 0.6) is 0 Å². The summed E-state index contributed by atoms with van der Waals surface area (Å²) in [5.74, 6) is 0.515. The van der Waals surface area contributed by atoms with E-state index in [1.807, 2.05) is 60.7 Å². The SMILES string of the molecule is Cc1ccccc1-c1ccc2c(c1)c1cc(-c3ccccc3C)ccc1n2-c1cc(-c2cc(C#N)cc(C(F)(F)F)c2)c(-n2c3ccc(-c4ccccc4C)cc3c3cc(-c4ccccc4C)ccc32)cn1. The third-order valence-corrected chi connectivity index (χ3v) is 14.4. The Morgan fingerprint density at radius 2 is 0.778 bits per heavy atom. The molecule has 0 aliphatic rings. The van der Waals surface area contributed by atoms with Crippen LogP contribution < -0.4 is 0 Å². The average molecular weight is 939 g/mol. The number of halogens is 3. The normalized spacial score (nSPS) is 11.8. The molecular weight excluding hydrogens is 894 g/mol. The van der Waals surface area contributed by atoms with Gasteiger partial charge < -0.3 is 4.57 Å². The Kier molecular flexibility index (Phi) is 10.5. The molecule has 0 amide bonds. The van der Waals surface area contributed by atoms with E-state index in [-0.39, 0.29) is 11.1 Å². The number of rotatable bonds is 7. The molecule has 0 saturated heterocycles. The molecule has 0 radical (unpaired) electrons. The van der Waals surface area contributed by atoms with Gasteiger partial charge in [-0.05, 0) is 173 Å². The van der Waals surface area contributed by atoms with Crippen LogP contribution in [-0.4, -0.2) is 14.1 Å². The molecule has 7 heteroatoms. The molecule has 0 aliphatic heterocycles. The van der Waals surface area contributed by atoms with Gasteiger partial charge in [-0.1, -0.05) is 121 Å². The first-order chi connectivity index (χ1) is 34.9. The lowest BCUT2D eigenvalue weighted by atomic mass is 9.97. The number of nitriles is 1. The Hall–Kier alpha value is -8.99. The van der Waals surface area contributed by atoms with E-state index in [1.54, 1.807) is 12.3 Å². The van der Waals surface area contributed by atoms with Gasteiger partial charge in [-0.2, -0.15) is 18.4 Å². The topological polar surface area (TPSA) is 46.5 Å². The van der Waals surface area contributed by atoms with E-state index in [0.717, 1.165) is 123 Å². The van der Waals surface area contributed by atoms with E-state index >= 15 is 0 Å². The molecule has 0 N–H and O–H groups in total. The van der Waals surface area contributed by atoms with Crippen molar-refractivity contribution in [2.45, 2.75) is 33.9 Å². The van der Waals surface area contributed by atoms with Gasteiger partial charge in [0, 0.05) is 27.1 Å². The predicted octanol–water partition coefficient (Wildman–Crippen LogP) is 17.7. The maximum Gasteiger partial charge on any atom is 0.416 e. The fraction of sp³-hybridized carbons (Fsp3) is 0.0769. The number of aromatic nitrogens is 3. The molecule has 72 heavy (non-hydrogen) atoms. The first-order valence-corrected chi connectivity index (χ1v) is 24.0. The molecule has 0 atom stereocenters. The van der Waals surface area contributed by atoms with Crippen molar-refractivity contribution in [3.63, 3.8) is 0 Å². The van der Waals surface area contributed by atoms with Crippen LogP contribution in [0.2, 0.25) is 0 Å². The van der Waals surface area contributed by atoms with Crippen LogP contribution in [0.3, 0.4) is 0 Å². The van der Waals surface area contributed by atoms with E-state index in [9.17, 15) is 18.4 Å². The van der Waals surface area contributed by atoms with Crippen molar-refractivity contribution in [3.8, 4) is 73.2 Å². The second-order valence-electron chi connectivity index (χ2n) is 18.8. The molecule has 0 fully saturated rings. The van der Waals surface area contributed by atoms with Crippen LogP contribution in [0.15, 0.2) is 200 Å². The smallest absolute Gasteiger partial charge is 0.307 e. The Balaban J connectivity index is 1.16. The molecule has 346 valence electrons. The quantitative estimate of drug-likeness (QED) is 0.160. The van der Waals surface area contributed by atoms with Gasteiger partial charge in [0.05, 0.1) is 51.1 Å². The zero-order chi connectivity index (χ0) is 49.4. The summed E-state index contributed by atoms with van der Waals surface area (Å²) in [7, 11) is 0.